The Morgan fingerprint density at radius 1 is 0.875 bits per heavy atom. The van der Waals surface area contributed by atoms with Crippen LogP contribution in [0.5, 0.6) is 5.75 Å². The van der Waals surface area contributed by atoms with Crippen LogP contribution in [0.3, 0.4) is 0 Å². The third kappa shape index (κ3) is 3.06. The Bertz CT molecular complexity index is 829. The highest BCUT2D eigenvalue weighted by molar-refractivity contribution is 5.92. The predicted octanol–water partition coefficient (Wildman–Crippen LogP) is 5.96. The Kier molecular flexibility index (Phi) is 5.71. The van der Waals surface area contributed by atoms with Gasteiger partial charge in [-0.05, 0) is 56.0 Å². The van der Waals surface area contributed by atoms with E-state index in [0.29, 0.717) is 0 Å². The maximum Gasteiger partial charge on any atom is 0.131 e. The number of fused-ring (bicyclic) bond motifs is 1. The molecule has 2 aromatic carbocycles. The molecule has 0 unspecified atom stereocenters. The Morgan fingerprint density at radius 3 is 2.08 bits per heavy atom. The van der Waals surface area contributed by atoms with Crippen molar-refractivity contribution in [1.82, 2.24) is 4.57 Å². The molecule has 0 radical (unpaired) electrons. The lowest BCUT2D eigenvalue weighted by molar-refractivity contribution is 0.416. The van der Waals surface area contributed by atoms with Crippen LogP contribution in [0.2, 0.25) is 0 Å². The lowest BCUT2D eigenvalue weighted by atomic mass is 9.99. The van der Waals surface area contributed by atoms with Crippen LogP contribution in [-0.4, -0.2) is 11.7 Å². The molecule has 0 spiro atoms. The lowest BCUT2D eigenvalue weighted by Crippen LogP contribution is -2.04. The van der Waals surface area contributed by atoms with Crippen LogP contribution in [0.25, 0.3) is 10.9 Å². The van der Waals surface area contributed by atoms with Gasteiger partial charge in [-0.25, -0.2) is 0 Å². The van der Waals surface area contributed by atoms with Crippen molar-refractivity contribution in [2.45, 2.75) is 48.1 Å². The summed E-state index contributed by atoms with van der Waals surface area (Å²) in [6, 6.07) is 12.9. The molecule has 0 saturated carbocycles. The Hall–Kier alpha value is -2.22. The van der Waals surface area contributed by atoms with Gasteiger partial charge in [-0.2, -0.15) is 0 Å². The van der Waals surface area contributed by atoms with Gasteiger partial charge in [-0.15, -0.1) is 0 Å². The van der Waals surface area contributed by atoms with Gasteiger partial charge in [0.15, 0.2) is 0 Å². The van der Waals surface area contributed by atoms with E-state index in [0.717, 1.165) is 12.3 Å². The minimum absolute atomic E-state index is 0.892. The Morgan fingerprint density at radius 2 is 1.50 bits per heavy atom. The third-order valence-corrected chi connectivity index (χ3v) is 4.76. The van der Waals surface area contributed by atoms with E-state index in [1.807, 2.05) is 13.8 Å². The SMILES string of the molecule is CC.COc1c(C)c(C)c(C)c2c1cc(C)n2Cc1ccccc1. The van der Waals surface area contributed by atoms with Crippen molar-refractivity contribution in [1.29, 1.82) is 0 Å². The number of hydrogen-bond acceptors (Lipinski definition) is 1. The zero-order valence-corrected chi connectivity index (χ0v) is 16.0. The highest BCUT2D eigenvalue weighted by Crippen LogP contribution is 2.37. The van der Waals surface area contributed by atoms with Gasteiger partial charge >= 0.3 is 0 Å². The van der Waals surface area contributed by atoms with Crippen LogP contribution in [0.1, 0.15) is 41.8 Å². The molecule has 128 valence electrons. The van der Waals surface area contributed by atoms with Crippen LogP contribution in [0.4, 0.5) is 0 Å². The summed E-state index contributed by atoms with van der Waals surface area (Å²) in [7, 11) is 1.76. The summed E-state index contributed by atoms with van der Waals surface area (Å²) in [6.07, 6.45) is 0. The highest BCUT2D eigenvalue weighted by Gasteiger charge is 2.17. The minimum atomic E-state index is 0.892. The molecule has 0 aliphatic carbocycles. The molecule has 0 aliphatic rings. The number of nitrogens with zero attached hydrogens (tertiary/aromatic N) is 1. The van der Waals surface area contributed by atoms with E-state index in [-0.39, 0.29) is 0 Å². The average Bonchev–Trinajstić information content (AvgIpc) is 2.92. The van der Waals surface area contributed by atoms with Crippen molar-refractivity contribution >= 4 is 10.9 Å². The number of hydrogen-bond donors (Lipinski definition) is 0. The van der Waals surface area contributed by atoms with Gasteiger partial charge in [0.05, 0.1) is 12.6 Å². The topological polar surface area (TPSA) is 14.2 Å². The molecule has 2 heteroatoms. The molecule has 0 aliphatic heterocycles. The molecule has 2 nitrogen and oxygen atoms in total. The second kappa shape index (κ2) is 7.57. The van der Waals surface area contributed by atoms with Crippen molar-refractivity contribution in [3.8, 4) is 5.75 Å². The smallest absolute Gasteiger partial charge is 0.131 e. The zero-order chi connectivity index (χ0) is 17.9. The van der Waals surface area contributed by atoms with Gasteiger partial charge in [0.2, 0.25) is 0 Å². The molecule has 1 heterocycles. The second-order valence-corrected chi connectivity index (χ2v) is 6.03. The van der Waals surface area contributed by atoms with Crippen LogP contribution in [0, 0.1) is 27.7 Å². The summed E-state index contributed by atoms with van der Waals surface area (Å²) >= 11 is 0. The Labute approximate surface area is 146 Å². The van der Waals surface area contributed by atoms with Crippen molar-refractivity contribution in [3.63, 3.8) is 0 Å². The molecule has 0 N–H and O–H groups in total. The average molecular weight is 323 g/mol. The number of ether oxygens (including phenoxy) is 1. The van der Waals surface area contributed by atoms with Crippen LogP contribution < -0.4 is 4.74 Å². The summed E-state index contributed by atoms with van der Waals surface area (Å²) in [6.45, 7) is 13.6. The van der Waals surface area contributed by atoms with E-state index in [1.54, 1.807) is 7.11 Å². The number of aromatic nitrogens is 1. The van der Waals surface area contributed by atoms with Crippen LogP contribution in [0.15, 0.2) is 36.4 Å². The number of methoxy groups -OCH3 is 1. The number of rotatable bonds is 3. The molecule has 0 atom stereocenters. The molecular formula is C22H29NO. The van der Waals surface area contributed by atoms with Gasteiger partial charge in [0, 0.05) is 17.6 Å². The van der Waals surface area contributed by atoms with E-state index in [9.17, 15) is 0 Å². The summed E-state index contributed by atoms with van der Waals surface area (Å²) in [5.74, 6) is 1.01. The van der Waals surface area contributed by atoms with Crippen molar-refractivity contribution in [3.05, 3.63) is 64.3 Å². The third-order valence-electron chi connectivity index (χ3n) is 4.76. The molecule has 1 aromatic heterocycles. The standard InChI is InChI=1S/C20H23NO.C2H6/c1-13-11-18-19(15(3)14(2)16(4)20(18)22-5)21(13)12-17-9-7-6-8-10-17;1-2/h6-11H,12H2,1-5H3;1-2H3. The first-order valence-electron chi connectivity index (χ1n) is 8.72. The van der Waals surface area contributed by atoms with E-state index in [4.69, 9.17) is 4.74 Å². The molecule has 0 bridgehead atoms. The molecular weight excluding hydrogens is 294 g/mol. The number of benzene rings is 2. The minimum Gasteiger partial charge on any atom is -0.496 e. The van der Waals surface area contributed by atoms with Crippen LogP contribution in [-0.2, 0) is 6.54 Å². The summed E-state index contributed by atoms with van der Waals surface area (Å²) in [5.41, 5.74) is 7.78. The van der Waals surface area contributed by atoms with E-state index >= 15 is 0 Å². The summed E-state index contributed by atoms with van der Waals surface area (Å²) < 4.78 is 8.10. The van der Waals surface area contributed by atoms with Crippen molar-refractivity contribution in [2.75, 3.05) is 7.11 Å². The molecule has 0 amide bonds. The molecule has 0 saturated heterocycles. The maximum absolute atomic E-state index is 5.70. The van der Waals surface area contributed by atoms with Gasteiger partial charge in [0.25, 0.3) is 0 Å². The summed E-state index contributed by atoms with van der Waals surface area (Å²) in [5, 5.41) is 1.22. The predicted molar refractivity (Wildman–Crippen MR) is 104 cm³/mol. The highest BCUT2D eigenvalue weighted by atomic mass is 16.5. The van der Waals surface area contributed by atoms with E-state index < -0.39 is 0 Å². The molecule has 0 fully saturated rings. The monoisotopic (exact) mass is 323 g/mol. The molecule has 3 rings (SSSR count). The van der Waals surface area contributed by atoms with Gasteiger partial charge in [-0.3, -0.25) is 0 Å². The fourth-order valence-electron chi connectivity index (χ4n) is 3.32. The summed E-state index contributed by atoms with van der Waals surface area (Å²) in [4.78, 5) is 0. The first kappa shape index (κ1) is 18.1. The van der Waals surface area contributed by atoms with Gasteiger partial charge < -0.3 is 9.30 Å². The largest absolute Gasteiger partial charge is 0.496 e. The van der Waals surface area contributed by atoms with E-state index in [2.05, 4.69) is 68.7 Å². The number of aryl methyl sites for hydroxylation is 2. The first-order chi connectivity index (χ1) is 11.5. The normalized spacial score (nSPS) is 10.5. The van der Waals surface area contributed by atoms with Gasteiger partial charge in [-0.1, -0.05) is 44.2 Å². The van der Waals surface area contributed by atoms with Gasteiger partial charge in [0.1, 0.15) is 5.75 Å². The van der Waals surface area contributed by atoms with E-state index in [1.165, 1.54) is 38.9 Å². The molecule has 3 aromatic rings. The fourth-order valence-corrected chi connectivity index (χ4v) is 3.32. The Balaban J connectivity index is 0.00000100. The fraction of sp³-hybridized carbons (Fsp3) is 0.364. The quantitative estimate of drug-likeness (QED) is 0.580. The molecule has 24 heavy (non-hydrogen) atoms. The maximum atomic E-state index is 5.70. The van der Waals surface area contributed by atoms with Crippen molar-refractivity contribution in [2.24, 2.45) is 0 Å². The van der Waals surface area contributed by atoms with Crippen LogP contribution >= 0.6 is 0 Å². The second-order valence-electron chi connectivity index (χ2n) is 6.03. The van der Waals surface area contributed by atoms with Crippen molar-refractivity contribution < 1.29 is 4.74 Å². The first-order valence-corrected chi connectivity index (χ1v) is 8.72. The zero-order valence-electron chi connectivity index (χ0n) is 16.0. The lowest BCUT2D eigenvalue weighted by Gasteiger charge is -2.16.